The summed E-state index contributed by atoms with van der Waals surface area (Å²) in [5.41, 5.74) is 0.335. The van der Waals surface area contributed by atoms with Gasteiger partial charge in [0.05, 0.1) is 12.8 Å². The number of carbonyl (C=O) groups is 2. The number of hydrogen-bond donors (Lipinski definition) is 0. The van der Waals surface area contributed by atoms with Crippen LogP contribution in [0.4, 0.5) is 0 Å². The first kappa shape index (κ1) is 19.3. The molecule has 7 nitrogen and oxygen atoms in total. The normalized spacial score (nSPS) is 14.1. The fraction of sp³-hybridized carbons (Fsp3) is 0.368. The Hall–Kier alpha value is -2.48. The Morgan fingerprint density at radius 1 is 1.11 bits per heavy atom. The van der Waals surface area contributed by atoms with Crippen molar-refractivity contribution in [3.05, 3.63) is 53.0 Å². The number of rotatable bonds is 6. The van der Waals surface area contributed by atoms with Crippen molar-refractivity contribution in [1.29, 1.82) is 0 Å². The SMILES string of the molecule is O=C(CCCOc1cccc(Br)c1)N1CCN(C(=O)c2cnccn2)CC1. The molecule has 1 aromatic carbocycles. The fourth-order valence-corrected chi connectivity index (χ4v) is 3.24. The molecule has 0 bridgehead atoms. The number of ether oxygens (including phenoxy) is 1. The quantitative estimate of drug-likeness (QED) is 0.654. The Balaban J connectivity index is 1.38. The maximum absolute atomic E-state index is 12.3. The minimum Gasteiger partial charge on any atom is -0.494 e. The Morgan fingerprint density at radius 2 is 1.89 bits per heavy atom. The van der Waals surface area contributed by atoms with Gasteiger partial charge in [0.2, 0.25) is 5.91 Å². The van der Waals surface area contributed by atoms with Crippen LogP contribution in [0, 0.1) is 0 Å². The van der Waals surface area contributed by atoms with E-state index in [0.717, 1.165) is 10.2 Å². The number of hydrogen-bond acceptors (Lipinski definition) is 5. The molecule has 0 saturated carbocycles. The molecule has 1 aliphatic heterocycles. The van der Waals surface area contributed by atoms with Gasteiger partial charge in [0, 0.05) is 49.5 Å². The van der Waals surface area contributed by atoms with E-state index >= 15 is 0 Å². The van der Waals surface area contributed by atoms with E-state index in [0.29, 0.717) is 51.3 Å². The van der Waals surface area contributed by atoms with Gasteiger partial charge in [0.25, 0.3) is 5.91 Å². The van der Waals surface area contributed by atoms with Gasteiger partial charge in [-0.15, -0.1) is 0 Å². The minimum atomic E-state index is -0.141. The number of piperazine rings is 1. The molecule has 0 N–H and O–H groups in total. The summed E-state index contributed by atoms with van der Waals surface area (Å²) >= 11 is 3.40. The molecule has 142 valence electrons. The van der Waals surface area contributed by atoms with E-state index < -0.39 is 0 Å². The van der Waals surface area contributed by atoms with E-state index in [1.54, 1.807) is 9.80 Å². The summed E-state index contributed by atoms with van der Waals surface area (Å²) in [6.45, 7) is 2.59. The fourth-order valence-electron chi connectivity index (χ4n) is 2.86. The summed E-state index contributed by atoms with van der Waals surface area (Å²) in [6, 6.07) is 7.63. The summed E-state index contributed by atoms with van der Waals surface area (Å²) in [5.74, 6) is 0.741. The third kappa shape index (κ3) is 5.50. The van der Waals surface area contributed by atoms with E-state index in [9.17, 15) is 9.59 Å². The maximum Gasteiger partial charge on any atom is 0.274 e. The minimum absolute atomic E-state index is 0.0967. The van der Waals surface area contributed by atoms with E-state index in [1.807, 2.05) is 24.3 Å². The molecule has 1 fully saturated rings. The second-order valence-corrected chi connectivity index (χ2v) is 7.09. The van der Waals surface area contributed by atoms with E-state index in [2.05, 4.69) is 25.9 Å². The van der Waals surface area contributed by atoms with Crippen LogP contribution in [-0.4, -0.2) is 64.4 Å². The number of aromatic nitrogens is 2. The highest BCUT2D eigenvalue weighted by Crippen LogP contribution is 2.18. The van der Waals surface area contributed by atoms with Crippen molar-refractivity contribution in [2.45, 2.75) is 12.8 Å². The smallest absolute Gasteiger partial charge is 0.274 e. The average Bonchev–Trinajstić information content (AvgIpc) is 2.71. The van der Waals surface area contributed by atoms with Crippen molar-refractivity contribution in [2.24, 2.45) is 0 Å². The van der Waals surface area contributed by atoms with Gasteiger partial charge in [-0.3, -0.25) is 14.6 Å². The number of nitrogens with zero attached hydrogens (tertiary/aromatic N) is 4. The highest BCUT2D eigenvalue weighted by atomic mass is 79.9. The zero-order valence-corrected chi connectivity index (χ0v) is 16.5. The van der Waals surface area contributed by atoms with Gasteiger partial charge in [-0.2, -0.15) is 0 Å². The molecule has 0 spiro atoms. The molecule has 1 saturated heterocycles. The molecule has 2 heterocycles. The van der Waals surface area contributed by atoms with Crippen LogP contribution in [0.25, 0.3) is 0 Å². The van der Waals surface area contributed by atoms with Crippen molar-refractivity contribution in [3.8, 4) is 5.75 Å². The van der Waals surface area contributed by atoms with Gasteiger partial charge in [-0.05, 0) is 24.6 Å². The van der Waals surface area contributed by atoms with Crippen molar-refractivity contribution in [3.63, 3.8) is 0 Å². The van der Waals surface area contributed by atoms with Crippen LogP contribution in [-0.2, 0) is 4.79 Å². The van der Waals surface area contributed by atoms with Crippen LogP contribution >= 0.6 is 15.9 Å². The second kappa shape index (κ2) is 9.45. The zero-order chi connectivity index (χ0) is 19.1. The lowest BCUT2D eigenvalue weighted by Gasteiger charge is -2.34. The molecule has 0 radical (unpaired) electrons. The maximum atomic E-state index is 12.3. The molecule has 8 heteroatoms. The summed E-state index contributed by atoms with van der Waals surface area (Å²) in [7, 11) is 0. The van der Waals surface area contributed by atoms with E-state index in [4.69, 9.17) is 4.74 Å². The van der Waals surface area contributed by atoms with Gasteiger partial charge in [-0.1, -0.05) is 22.0 Å². The van der Waals surface area contributed by atoms with E-state index in [-0.39, 0.29) is 11.8 Å². The number of halogens is 1. The Morgan fingerprint density at radius 3 is 2.59 bits per heavy atom. The molecule has 0 aliphatic carbocycles. The predicted molar refractivity (Wildman–Crippen MR) is 103 cm³/mol. The number of carbonyl (C=O) groups excluding carboxylic acids is 2. The molecule has 3 rings (SSSR count). The summed E-state index contributed by atoms with van der Waals surface area (Å²) in [6.07, 6.45) is 5.60. The summed E-state index contributed by atoms with van der Waals surface area (Å²) in [5, 5.41) is 0. The van der Waals surface area contributed by atoms with Crippen LogP contribution in [0.15, 0.2) is 47.3 Å². The Kier molecular flexibility index (Phi) is 6.75. The highest BCUT2D eigenvalue weighted by molar-refractivity contribution is 9.10. The first-order chi connectivity index (χ1) is 13.1. The molecule has 1 aromatic heterocycles. The molecular weight excluding hydrogens is 412 g/mol. The van der Waals surface area contributed by atoms with Crippen LogP contribution in [0.1, 0.15) is 23.3 Å². The molecule has 0 unspecified atom stereocenters. The Labute approximate surface area is 166 Å². The Bertz CT molecular complexity index is 780. The summed E-state index contributed by atoms with van der Waals surface area (Å²) < 4.78 is 6.62. The highest BCUT2D eigenvalue weighted by Gasteiger charge is 2.25. The first-order valence-electron chi connectivity index (χ1n) is 8.85. The van der Waals surface area contributed by atoms with Gasteiger partial charge in [0.15, 0.2) is 0 Å². The number of amides is 2. The van der Waals surface area contributed by atoms with Crippen molar-refractivity contribution in [1.82, 2.24) is 19.8 Å². The standard InChI is InChI=1S/C19H21BrN4O3/c20-15-3-1-4-16(13-15)27-12-2-5-18(25)23-8-10-24(11-9-23)19(26)17-14-21-6-7-22-17/h1,3-4,6-7,13-14H,2,5,8-12H2. The number of benzene rings is 1. The van der Waals surface area contributed by atoms with E-state index in [1.165, 1.54) is 18.6 Å². The molecule has 2 aromatic rings. The molecule has 2 amide bonds. The lowest BCUT2D eigenvalue weighted by atomic mass is 10.2. The average molecular weight is 433 g/mol. The zero-order valence-electron chi connectivity index (χ0n) is 14.9. The van der Waals surface area contributed by atoms with Gasteiger partial charge >= 0.3 is 0 Å². The lowest BCUT2D eigenvalue weighted by molar-refractivity contribution is -0.132. The van der Waals surface area contributed by atoms with Crippen LogP contribution in [0.3, 0.4) is 0 Å². The monoisotopic (exact) mass is 432 g/mol. The second-order valence-electron chi connectivity index (χ2n) is 6.17. The molecule has 27 heavy (non-hydrogen) atoms. The van der Waals surface area contributed by atoms with Crippen LogP contribution in [0.5, 0.6) is 5.75 Å². The topological polar surface area (TPSA) is 75.6 Å². The first-order valence-corrected chi connectivity index (χ1v) is 9.64. The molecule has 1 aliphatic rings. The summed E-state index contributed by atoms with van der Waals surface area (Å²) in [4.78, 5) is 36.2. The van der Waals surface area contributed by atoms with Crippen LogP contribution < -0.4 is 4.74 Å². The van der Waals surface area contributed by atoms with Gasteiger partial charge in [-0.25, -0.2) is 4.98 Å². The third-order valence-corrected chi connectivity index (χ3v) is 4.79. The van der Waals surface area contributed by atoms with Crippen LogP contribution in [0.2, 0.25) is 0 Å². The molecule has 0 atom stereocenters. The predicted octanol–water partition coefficient (Wildman–Crippen LogP) is 2.38. The van der Waals surface area contributed by atoms with Crippen molar-refractivity contribution in [2.75, 3.05) is 32.8 Å². The third-order valence-electron chi connectivity index (χ3n) is 4.30. The van der Waals surface area contributed by atoms with Crippen molar-refractivity contribution >= 4 is 27.7 Å². The molecular formula is C19H21BrN4O3. The largest absolute Gasteiger partial charge is 0.494 e. The lowest BCUT2D eigenvalue weighted by Crippen LogP contribution is -2.50. The van der Waals surface area contributed by atoms with Crippen molar-refractivity contribution < 1.29 is 14.3 Å². The van der Waals surface area contributed by atoms with Gasteiger partial charge in [0.1, 0.15) is 11.4 Å². The van der Waals surface area contributed by atoms with Gasteiger partial charge < -0.3 is 14.5 Å².